The van der Waals surface area contributed by atoms with Gasteiger partial charge in [0.05, 0.1) is 4.90 Å². The minimum atomic E-state index is -4.59. The zero-order valence-electron chi connectivity index (χ0n) is 18.5. The summed E-state index contributed by atoms with van der Waals surface area (Å²) in [6.45, 7) is 0. The van der Waals surface area contributed by atoms with Gasteiger partial charge in [0.15, 0.2) is 0 Å². The van der Waals surface area contributed by atoms with E-state index in [1.807, 2.05) is 24.3 Å². The molecule has 0 bridgehead atoms. The van der Waals surface area contributed by atoms with Crippen molar-refractivity contribution in [3.05, 3.63) is 54.1 Å². The molecular formula is C24H32ClNaO4S. The molecule has 31 heavy (non-hydrogen) atoms. The first-order chi connectivity index (χ1) is 14.5. The smallest absolute Gasteiger partial charge is 0.744 e. The van der Waals surface area contributed by atoms with E-state index in [9.17, 15) is 13.0 Å². The van der Waals surface area contributed by atoms with Crippen LogP contribution in [0.1, 0.15) is 69.8 Å². The Morgan fingerprint density at radius 3 is 1.77 bits per heavy atom. The average molecular weight is 475 g/mol. The summed E-state index contributed by atoms with van der Waals surface area (Å²) in [5.41, 5.74) is 1.02. The second kappa shape index (κ2) is 16.1. The molecule has 166 valence electrons. The van der Waals surface area contributed by atoms with Crippen molar-refractivity contribution in [3.8, 4) is 11.5 Å². The van der Waals surface area contributed by atoms with E-state index in [4.69, 9.17) is 16.3 Å². The number of aryl methyl sites for hydroxylation is 1. The molecule has 2 rings (SSSR count). The minimum Gasteiger partial charge on any atom is -0.744 e. The normalized spacial score (nSPS) is 11.2. The first-order valence-corrected chi connectivity index (χ1v) is 12.8. The number of halogens is 1. The van der Waals surface area contributed by atoms with Crippen LogP contribution in [-0.4, -0.2) is 18.9 Å². The molecule has 0 atom stereocenters. The molecule has 0 unspecified atom stereocenters. The average Bonchev–Trinajstić information content (AvgIpc) is 2.73. The number of benzene rings is 2. The van der Waals surface area contributed by atoms with Gasteiger partial charge in [0.1, 0.15) is 21.6 Å². The summed E-state index contributed by atoms with van der Waals surface area (Å²) in [4.78, 5) is -0.331. The Kier molecular flexibility index (Phi) is 14.8. The van der Waals surface area contributed by atoms with E-state index < -0.39 is 10.1 Å². The number of alkyl halides is 1. The molecule has 4 nitrogen and oxygen atoms in total. The molecule has 0 aromatic heterocycles. The maximum atomic E-state index is 11.5. The summed E-state index contributed by atoms with van der Waals surface area (Å²) in [7, 11) is -4.59. The molecule has 7 heteroatoms. The number of rotatable bonds is 15. The van der Waals surface area contributed by atoms with E-state index >= 15 is 0 Å². The van der Waals surface area contributed by atoms with Gasteiger partial charge in [0.2, 0.25) is 0 Å². The molecule has 0 radical (unpaired) electrons. The SMILES string of the molecule is O=S(=O)([O-])c1ccccc1Oc1ccccc1CCCCCCCCCCCCCl.[Na+]. The molecule has 0 aliphatic heterocycles. The van der Waals surface area contributed by atoms with Crippen LogP contribution in [-0.2, 0) is 16.5 Å². The van der Waals surface area contributed by atoms with Crippen molar-refractivity contribution in [2.45, 2.75) is 75.5 Å². The van der Waals surface area contributed by atoms with Gasteiger partial charge in [-0.15, -0.1) is 11.6 Å². The fraction of sp³-hybridized carbons (Fsp3) is 0.500. The van der Waals surface area contributed by atoms with Crippen LogP contribution in [0.15, 0.2) is 53.4 Å². The van der Waals surface area contributed by atoms with Crippen LogP contribution in [0, 0.1) is 0 Å². The standard InChI is InChI=1S/C24H33ClO4S.Na/c25-20-14-8-6-4-2-1-3-5-7-9-15-21-16-10-11-17-22(21)29-23-18-12-13-19-24(23)30(26,27)28;/h10-13,16-19H,1-9,14-15,20H2,(H,26,27,28);/q;+1/p-1. The zero-order chi connectivity index (χ0) is 21.7. The summed E-state index contributed by atoms with van der Waals surface area (Å²) < 4.78 is 40.2. The van der Waals surface area contributed by atoms with Crippen LogP contribution in [0.3, 0.4) is 0 Å². The predicted molar refractivity (Wildman–Crippen MR) is 122 cm³/mol. The van der Waals surface area contributed by atoms with Crippen molar-refractivity contribution in [2.24, 2.45) is 0 Å². The second-order valence-corrected chi connectivity index (χ2v) is 9.31. The summed E-state index contributed by atoms with van der Waals surface area (Å²) >= 11 is 5.69. The van der Waals surface area contributed by atoms with Crippen molar-refractivity contribution in [3.63, 3.8) is 0 Å². The Hall–Kier alpha value is -0.560. The van der Waals surface area contributed by atoms with E-state index in [1.165, 1.54) is 63.1 Å². The first-order valence-electron chi connectivity index (χ1n) is 10.9. The minimum absolute atomic E-state index is 0. The molecule has 0 fully saturated rings. The molecule has 0 saturated heterocycles. The van der Waals surface area contributed by atoms with E-state index in [-0.39, 0.29) is 40.2 Å². The molecule has 0 aliphatic carbocycles. The second-order valence-electron chi connectivity index (χ2n) is 7.59. The van der Waals surface area contributed by atoms with Crippen molar-refractivity contribution < 1.29 is 47.3 Å². The summed E-state index contributed by atoms with van der Waals surface area (Å²) in [5.74, 6) is 1.45. The third-order valence-corrected chi connectivity index (χ3v) is 6.28. The quantitative estimate of drug-likeness (QED) is 0.169. The van der Waals surface area contributed by atoms with Crippen LogP contribution in [0.25, 0.3) is 0 Å². The Labute approximate surface area is 214 Å². The molecule has 0 heterocycles. The Bertz CT molecular complexity index is 858. The molecule has 0 saturated carbocycles. The van der Waals surface area contributed by atoms with Crippen molar-refractivity contribution >= 4 is 21.7 Å². The van der Waals surface area contributed by atoms with E-state index in [0.29, 0.717) is 5.75 Å². The van der Waals surface area contributed by atoms with E-state index in [2.05, 4.69) is 0 Å². The summed E-state index contributed by atoms with van der Waals surface area (Å²) in [5, 5.41) is 0. The number of ether oxygens (including phenoxy) is 1. The fourth-order valence-corrected chi connectivity index (χ4v) is 4.28. The van der Waals surface area contributed by atoms with Gasteiger partial charge in [-0.2, -0.15) is 0 Å². The van der Waals surface area contributed by atoms with Gasteiger partial charge in [-0.25, -0.2) is 8.42 Å². The third kappa shape index (κ3) is 11.2. The van der Waals surface area contributed by atoms with Crippen molar-refractivity contribution in [1.82, 2.24) is 0 Å². The summed E-state index contributed by atoms with van der Waals surface area (Å²) in [6, 6.07) is 13.6. The van der Waals surface area contributed by atoms with Crippen LogP contribution in [0.5, 0.6) is 11.5 Å². The van der Waals surface area contributed by atoms with Crippen LogP contribution >= 0.6 is 11.6 Å². The molecule has 0 amide bonds. The van der Waals surface area contributed by atoms with Gasteiger partial charge < -0.3 is 9.29 Å². The van der Waals surface area contributed by atoms with Gasteiger partial charge in [0.25, 0.3) is 0 Å². The fourth-order valence-electron chi connectivity index (χ4n) is 3.49. The Balaban J connectivity index is 0.00000480. The van der Waals surface area contributed by atoms with Gasteiger partial charge in [-0.3, -0.25) is 0 Å². The molecule has 2 aromatic carbocycles. The van der Waals surface area contributed by atoms with Crippen molar-refractivity contribution in [2.75, 3.05) is 5.88 Å². The molecular weight excluding hydrogens is 443 g/mol. The molecule has 0 spiro atoms. The van der Waals surface area contributed by atoms with Gasteiger partial charge in [0, 0.05) is 5.88 Å². The number of para-hydroxylation sites is 2. The number of hydrogen-bond acceptors (Lipinski definition) is 4. The maximum absolute atomic E-state index is 11.5. The number of hydrogen-bond donors (Lipinski definition) is 0. The zero-order valence-corrected chi connectivity index (χ0v) is 22.1. The predicted octanol–water partition coefficient (Wildman–Crippen LogP) is 4.07. The van der Waals surface area contributed by atoms with Crippen LogP contribution in [0.4, 0.5) is 0 Å². The Morgan fingerprint density at radius 2 is 1.19 bits per heavy atom. The third-order valence-electron chi connectivity index (χ3n) is 5.14. The van der Waals surface area contributed by atoms with E-state index in [0.717, 1.165) is 37.1 Å². The van der Waals surface area contributed by atoms with Gasteiger partial charge in [-0.1, -0.05) is 81.7 Å². The van der Waals surface area contributed by atoms with Gasteiger partial charge >= 0.3 is 29.6 Å². The number of unbranched alkanes of at least 4 members (excludes halogenated alkanes) is 9. The van der Waals surface area contributed by atoms with Crippen LogP contribution < -0.4 is 34.3 Å². The Morgan fingerprint density at radius 1 is 0.710 bits per heavy atom. The topological polar surface area (TPSA) is 66.4 Å². The largest absolute Gasteiger partial charge is 1.00 e. The molecule has 0 aliphatic rings. The molecule has 2 aromatic rings. The molecule has 0 N–H and O–H groups in total. The maximum Gasteiger partial charge on any atom is 1.00 e. The first kappa shape index (κ1) is 28.5. The summed E-state index contributed by atoms with van der Waals surface area (Å²) in [6.07, 6.45) is 13.1. The monoisotopic (exact) mass is 474 g/mol. The van der Waals surface area contributed by atoms with E-state index in [1.54, 1.807) is 6.07 Å². The van der Waals surface area contributed by atoms with Gasteiger partial charge in [-0.05, 0) is 43.0 Å². The van der Waals surface area contributed by atoms with Crippen molar-refractivity contribution in [1.29, 1.82) is 0 Å². The van der Waals surface area contributed by atoms with Crippen LogP contribution in [0.2, 0.25) is 0 Å².